The van der Waals surface area contributed by atoms with Crippen LogP contribution in [0.5, 0.6) is 11.5 Å². The largest absolute Gasteiger partial charge is 0.494 e. The zero-order valence-electron chi connectivity index (χ0n) is 20.4. The maximum absolute atomic E-state index is 13.2. The van der Waals surface area contributed by atoms with E-state index in [0.717, 1.165) is 5.56 Å². The van der Waals surface area contributed by atoms with Crippen LogP contribution in [0.2, 0.25) is 0 Å². The molecular weight excluding hydrogens is 530 g/mol. The number of fused-ring (bicyclic) bond motifs is 1. The molecule has 6 nitrogen and oxygen atoms in total. The van der Waals surface area contributed by atoms with Crippen molar-refractivity contribution in [3.63, 3.8) is 0 Å². The standard InChI is InChI=1S/C27H22F6N2O4/c1-16-3-6-21(7-4-16)38-10-2-9-35-22-14-20(5-8-23(22)39-15-24(35)36)34-25(37)17-11-18(26(28,29)30)13-19(12-17)27(31,32)33/h3-8,11-14H,2,9-10,15H2,1H3,(H,34,37). The maximum Gasteiger partial charge on any atom is 0.416 e. The van der Waals surface area contributed by atoms with Gasteiger partial charge in [-0.25, -0.2) is 0 Å². The fraction of sp³-hybridized carbons (Fsp3) is 0.259. The van der Waals surface area contributed by atoms with E-state index in [9.17, 15) is 35.9 Å². The normalized spacial score (nSPS) is 13.5. The third-order valence-electron chi connectivity index (χ3n) is 5.83. The van der Waals surface area contributed by atoms with Gasteiger partial charge in [-0.15, -0.1) is 0 Å². The Morgan fingerprint density at radius 3 is 2.21 bits per heavy atom. The zero-order chi connectivity index (χ0) is 28.4. The Bertz CT molecular complexity index is 1340. The summed E-state index contributed by atoms with van der Waals surface area (Å²) in [4.78, 5) is 26.6. The number of halogens is 6. The van der Waals surface area contributed by atoms with Crippen molar-refractivity contribution in [1.82, 2.24) is 0 Å². The minimum absolute atomic E-state index is 0.0453. The number of aryl methyl sites for hydroxylation is 1. The number of nitrogens with zero attached hydrogens (tertiary/aromatic N) is 1. The summed E-state index contributed by atoms with van der Waals surface area (Å²) < 4.78 is 90.2. The first-order valence-corrected chi connectivity index (χ1v) is 11.7. The van der Waals surface area contributed by atoms with Crippen molar-refractivity contribution in [2.24, 2.45) is 0 Å². The van der Waals surface area contributed by atoms with Crippen LogP contribution >= 0.6 is 0 Å². The van der Waals surface area contributed by atoms with Crippen LogP contribution in [0.3, 0.4) is 0 Å². The van der Waals surface area contributed by atoms with Gasteiger partial charge in [0.15, 0.2) is 6.61 Å². The molecule has 0 bridgehead atoms. The van der Waals surface area contributed by atoms with Crippen molar-refractivity contribution < 1.29 is 45.4 Å². The molecule has 1 N–H and O–H groups in total. The van der Waals surface area contributed by atoms with Crippen LogP contribution in [-0.4, -0.2) is 31.6 Å². The first-order chi connectivity index (χ1) is 18.3. The van der Waals surface area contributed by atoms with Crippen LogP contribution in [-0.2, 0) is 17.1 Å². The van der Waals surface area contributed by atoms with E-state index in [2.05, 4.69) is 5.32 Å². The average molecular weight is 552 g/mol. The lowest BCUT2D eigenvalue weighted by Crippen LogP contribution is -2.39. The molecule has 0 fully saturated rings. The summed E-state index contributed by atoms with van der Waals surface area (Å²) in [7, 11) is 0. The van der Waals surface area contributed by atoms with Gasteiger partial charge in [0, 0.05) is 17.8 Å². The van der Waals surface area contributed by atoms with Crippen molar-refractivity contribution in [2.75, 3.05) is 30.0 Å². The number of rotatable bonds is 7. The lowest BCUT2D eigenvalue weighted by molar-refractivity contribution is -0.143. The molecule has 0 atom stereocenters. The third kappa shape index (κ3) is 6.81. The minimum atomic E-state index is -5.09. The average Bonchev–Trinajstić information content (AvgIpc) is 2.87. The van der Waals surface area contributed by atoms with Gasteiger partial charge < -0.3 is 19.7 Å². The minimum Gasteiger partial charge on any atom is -0.494 e. The van der Waals surface area contributed by atoms with Crippen molar-refractivity contribution in [3.05, 3.63) is 82.9 Å². The van der Waals surface area contributed by atoms with Crippen molar-refractivity contribution in [2.45, 2.75) is 25.7 Å². The number of amides is 2. The molecule has 0 aromatic heterocycles. The second-order valence-corrected chi connectivity index (χ2v) is 8.78. The Balaban J connectivity index is 1.50. The molecule has 3 aromatic rings. The number of hydrogen-bond donors (Lipinski definition) is 1. The molecule has 3 aromatic carbocycles. The summed E-state index contributed by atoms with van der Waals surface area (Å²) >= 11 is 0. The Hall–Kier alpha value is -4.22. The smallest absolute Gasteiger partial charge is 0.416 e. The molecule has 0 saturated carbocycles. The second-order valence-electron chi connectivity index (χ2n) is 8.78. The lowest BCUT2D eigenvalue weighted by Gasteiger charge is -2.30. The van der Waals surface area contributed by atoms with E-state index in [1.54, 1.807) is 0 Å². The number of carbonyl (C=O) groups is 2. The van der Waals surface area contributed by atoms with E-state index in [-0.39, 0.29) is 30.8 Å². The molecule has 0 unspecified atom stereocenters. The van der Waals surface area contributed by atoms with E-state index in [0.29, 0.717) is 42.3 Å². The topological polar surface area (TPSA) is 67.9 Å². The van der Waals surface area contributed by atoms with E-state index >= 15 is 0 Å². The Kier molecular flexibility index (Phi) is 7.75. The fourth-order valence-electron chi connectivity index (χ4n) is 3.86. The van der Waals surface area contributed by atoms with E-state index in [4.69, 9.17) is 9.47 Å². The molecular formula is C27H22F6N2O4. The van der Waals surface area contributed by atoms with E-state index in [1.807, 2.05) is 31.2 Å². The fourth-order valence-corrected chi connectivity index (χ4v) is 3.86. The Labute approximate surface area is 219 Å². The first kappa shape index (κ1) is 27.8. The van der Waals surface area contributed by atoms with E-state index < -0.39 is 35.0 Å². The van der Waals surface area contributed by atoms with Gasteiger partial charge in [0.2, 0.25) is 0 Å². The maximum atomic E-state index is 13.2. The Morgan fingerprint density at radius 1 is 0.949 bits per heavy atom. The second kappa shape index (κ2) is 10.9. The first-order valence-electron chi connectivity index (χ1n) is 11.7. The summed E-state index contributed by atoms with van der Waals surface area (Å²) in [6, 6.07) is 12.2. The van der Waals surface area contributed by atoms with Gasteiger partial charge >= 0.3 is 12.4 Å². The van der Waals surface area contributed by atoms with Crippen LogP contribution < -0.4 is 19.7 Å². The molecule has 0 saturated heterocycles. The summed E-state index contributed by atoms with van der Waals surface area (Å²) in [6.45, 7) is 2.26. The number of ether oxygens (including phenoxy) is 2. The highest BCUT2D eigenvalue weighted by molar-refractivity contribution is 6.05. The van der Waals surface area contributed by atoms with Crippen LogP contribution in [0.25, 0.3) is 0 Å². The van der Waals surface area contributed by atoms with Gasteiger partial charge in [-0.3, -0.25) is 9.59 Å². The van der Waals surface area contributed by atoms with Crippen LogP contribution in [0.4, 0.5) is 37.7 Å². The number of alkyl halides is 6. The quantitative estimate of drug-likeness (QED) is 0.269. The lowest BCUT2D eigenvalue weighted by atomic mass is 10.0. The van der Waals surface area contributed by atoms with Gasteiger partial charge in [-0.2, -0.15) is 26.3 Å². The number of nitrogens with one attached hydrogen (secondary N) is 1. The summed E-state index contributed by atoms with van der Waals surface area (Å²) in [5, 5.41) is 2.30. The zero-order valence-corrected chi connectivity index (χ0v) is 20.4. The molecule has 0 spiro atoms. The molecule has 12 heteroatoms. The Morgan fingerprint density at radius 2 is 1.59 bits per heavy atom. The van der Waals surface area contributed by atoms with Gasteiger partial charge in [-0.05, 0) is 61.9 Å². The van der Waals surface area contributed by atoms with Gasteiger partial charge in [0.05, 0.1) is 23.4 Å². The summed E-state index contributed by atoms with van der Waals surface area (Å²) in [6.07, 6.45) is -9.74. The molecule has 1 aliphatic rings. The molecule has 39 heavy (non-hydrogen) atoms. The molecule has 2 amide bonds. The van der Waals surface area contributed by atoms with Gasteiger partial charge in [-0.1, -0.05) is 17.7 Å². The summed E-state index contributed by atoms with van der Waals surface area (Å²) in [5.74, 6) is -0.560. The van der Waals surface area contributed by atoms with Crippen LogP contribution in [0, 0.1) is 6.92 Å². The monoisotopic (exact) mass is 552 g/mol. The number of hydrogen-bond acceptors (Lipinski definition) is 4. The highest BCUT2D eigenvalue weighted by atomic mass is 19.4. The summed E-state index contributed by atoms with van der Waals surface area (Å²) in [5.41, 5.74) is -2.62. The predicted molar refractivity (Wildman–Crippen MR) is 130 cm³/mol. The predicted octanol–water partition coefficient (Wildman–Crippen LogP) is 6.48. The van der Waals surface area contributed by atoms with Crippen LogP contribution in [0.15, 0.2) is 60.7 Å². The van der Waals surface area contributed by atoms with Crippen molar-refractivity contribution in [3.8, 4) is 11.5 Å². The number of benzene rings is 3. The third-order valence-corrected chi connectivity index (χ3v) is 5.83. The highest BCUT2D eigenvalue weighted by Crippen LogP contribution is 2.37. The van der Waals surface area contributed by atoms with Crippen LogP contribution in [0.1, 0.15) is 33.5 Å². The van der Waals surface area contributed by atoms with E-state index in [1.165, 1.54) is 23.1 Å². The van der Waals surface area contributed by atoms with Crippen molar-refractivity contribution in [1.29, 1.82) is 0 Å². The van der Waals surface area contributed by atoms with Crippen molar-refractivity contribution >= 4 is 23.2 Å². The SMILES string of the molecule is Cc1ccc(OCCCN2C(=O)COc3ccc(NC(=O)c4cc(C(F)(F)F)cc(C(F)(F)F)c4)cc32)cc1. The number of anilines is 2. The molecule has 206 valence electrons. The molecule has 0 radical (unpaired) electrons. The highest BCUT2D eigenvalue weighted by Gasteiger charge is 2.37. The van der Waals surface area contributed by atoms with Gasteiger partial charge in [0.1, 0.15) is 11.5 Å². The molecule has 1 heterocycles. The molecule has 4 rings (SSSR count). The van der Waals surface area contributed by atoms with Gasteiger partial charge in [0.25, 0.3) is 11.8 Å². The number of carbonyl (C=O) groups excluding carboxylic acids is 2. The molecule has 0 aliphatic carbocycles. The molecule has 1 aliphatic heterocycles.